The van der Waals surface area contributed by atoms with Gasteiger partial charge in [-0.1, -0.05) is 76.5 Å². The summed E-state index contributed by atoms with van der Waals surface area (Å²) in [6.07, 6.45) is 10.9. The molecule has 0 heterocycles. The van der Waals surface area contributed by atoms with Gasteiger partial charge >= 0.3 is 0 Å². The van der Waals surface area contributed by atoms with Crippen LogP contribution in [0, 0.1) is 0 Å². The molecule has 0 bridgehead atoms. The molecule has 0 spiro atoms. The lowest BCUT2D eigenvalue weighted by Crippen LogP contribution is -2.04. The number of rotatable bonds is 13. The summed E-state index contributed by atoms with van der Waals surface area (Å²) >= 11 is 0. The molecule has 0 aromatic heterocycles. The minimum Gasteiger partial charge on any atom is -0.504 e. The van der Waals surface area contributed by atoms with Gasteiger partial charge in [0.1, 0.15) is 10.6 Å². The SMILES string of the molecule is CCCCCCCCCCCc1cc(O)c(Oc2ccccc2)cc1S(=O)(=O)O. The van der Waals surface area contributed by atoms with Crippen molar-refractivity contribution in [3.05, 3.63) is 48.0 Å². The number of hydrogen-bond acceptors (Lipinski definition) is 4. The Bertz CT molecular complexity index is 847. The fourth-order valence-corrected chi connectivity index (χ4v) is 4.10. The summed E-state index contributed by atoms with van der Waals surface area (Å²) in [7, 11) is -4.42. The first-order chi connectivity index (χ1) is 13.9. The van der Waals surface area contributed by atoms with Crippen LogP contribution in [-0.2, 0) is 16.5 Å². The average Bonchev–Trinajstić information content (AvgIpc) is 2.68. The molecule has 2 rings (SSSR count). The van der Waals surface area contributed by atoms with E-state index in [4.69, 9.17) is 4.74 Å². The van der Waals surface area contributed by atoms with Crippen molar-refractivity contribution in [3.8, 4) is 17.2 Å². The van der Waals surface area contributed by atoms with Gasteiger partial charge in [-0.15, -0.1) is 0 Å². The van der Waals surface area contributed by atoms with Crippen LogP contribution in [0.3, 0.4) is 0 Å². The van der Waals surface area contributed by atoms with Gasteiger partial charge in [0.05, 0.1) is 0 Å². The maximum absolute atomic E-state index is 11.8. The second-order valence-electron chi connectivity index (χ2n) is 7.40. The summed E-state index contributed by atoms with van der Waals surface area (Å²) in [5.74, 6) is 0.322. The van der Waals surface area contributed by atoms with Crippen molar-refractivity contribution in [2.24, 2.45) is 0 Å². The molecular weight excluding hydrogens is 388 g/mol. The van der Waals surface area contributed by atoms with Gasteiger partial charge in [0.2, 0.25) is 0 Å². The van der Waals surface area contributed by atoms with Gasteiger partial charge in [-0.25, -0.2) is 0 Å². The Morgan fingerprint density at radius 3 is 2.03 bits per heavy atom. The van der Waals surface area contributed by atoms with Gasteiger partial charge in [-0.3, -0.25) is 4.55 Å². The zero-order chi connectivity index (χ0) is 21.1. The summed E-state index contributed by atoms with van der Waals surface area (Å²) < 4.78 is 38.9. The van der Waals surface area contributed by atoms with Crippen molar-refractivity contribution >= 4 is 10.1 Å². The minimum atomic E-state index is -4.42. The van der Waals surface area contributed by atoms with E-state index in [1.54, 1.807) is 24.3 Å². The van der Waals surface area contributed by atoms with Crippen LogP contribution >= 0.6 is 0 Å². The van der Waals surface area contributed by atoms with E-state index in [0.717, 1.165) is 19.3 Å². The van der Waals surface area contributed by atoms with Crippen LogP contribution in [0.2, 0.25) is 0 Å². The number of ether oxygens (including phenoxy) is 1. The molecule has 0 radical (unpaired) electrons. The highest BCUT2D eigenvalue weighted by Gasteiger charge is 2.20. The van der Waals surface area contributed by atoms with E-state index in [1.165, 1.54) is 50.7 Å². The number of para-hydroxylation sites is 1. The van der Waals surface area contributed by atoms with Gasteiger partial charge in [-0.2, -0.15) is 8.42 Å². The molecule has 0 amide bonds. The van der Waals surface area contributed by atoms with Crippen molar-refractivity contribution in [1.29, 1.82) is 0 Å². The fraction of sp³-hybridized carbons (Fsp3) is 0.478. The second kappa shape index (κ2) is 11.8. The molecule has 5 nitrogen and oxygen atoms in total. The number of aromatic hydroxyl groups is 1. The Hall–Kier alpha value is -2.05. The van der Waals surface area contributed by atoms with Gasteiger partial charge in [0.25, 0.3) is 10.1 Å². The van der Waals surface area contributed by atoms with Crippen LogP contribution in [-0.4, -0.2) is 18.1 Å². The first-order valence-corrected chi connectivity index (χ1v) is 11.9. The third-order valence-electron chi connectivity index (χ3n) is 4.94. The Morgan fingerprint density at radius 1 is 0.862 bits per heavy atom. The van der Waals surface area contributed by atoms with Crippen molar-refractivity contribution in [1.82, 2.24) is 0 Å². The largest absolute Gasteiger partial charge is 0.504 e. The van der Waals surface area contributed by atoms with E-state index >= 15 is 0 Å². The van der Waals surface area contributed by atoms with Gasteiger partial charge in [0.15, 0.2) is 11.5 Å². The Morgan fingerprint density at radius 2 is 1.45 bits per heavy atom. The lowest BCUT2D eigenvalue weighted by molar-refractivity contribution is 0.408. The summed E-state index contributed by atoms with van der Waals surface area (Å²) in [6.45, 7) is 2.21. The van der Waals surface area contributed by atoms with E-state index < -0.39 is 10.1 Å². The number of phenolic OH excluding ortho intramolecular Hbond substituents is 1. The van der Waals surface area contributed by atoms with Crippen molar-refractivity contribution in [2.75, 3.05) is 0 Å². The molecule has 29 heavy (non-hydrogen) atoms. The lowest BCUT2D eigenvalue weighted by atomic mass is 10.0. The van der Waals surface area contributed by atoms with Gasteiger partial charge < -0.3 is 9.84 Å². The molecule has 2 aromatic carbocycles. The Kier molecular flexibility index (Phi) is 9.48. The van der Waals surface area contributed by atoms with E-state index in [0.29, 0.717) is 17.7 Å². The highest BCUT2D eigenvalue weighted by molar-refractivity contribution is 7.85. The molecule has 160 valence electrons. The topological polar surface area (TPSA) is 83.8 Å². The number of hydrogen-bond donors (Lipinski definition) is 2. The monoisotopic (exact) mass is 420 g/mol. The molecule has 0 saturated carbocycles. The molecule has 0 aliphatic rings. The number of benzene rings is 2. The van der Waals surface area contributed by atoms with Crippen LogP contribution in [0.25, 0.3) is 0 Å². The van der Waals surface area contributed by atoms with Gasteiger partial charge in [-0.05, 0) is 36.6 Å². The van der Waals surface area contributed by atoms with Crippen LogP contribution in [0.1, 0.15) is 70.3 Å². The fourth-order valence-electron chi connectivity index (χ4n) is 3.35. The predicted octanol–water partition coefficient (Wildman–Crippen LogP) is 6.50. The Balaban J connectivity index is 1.96. The maximum Gasteiger partial charge on any atom is 0.294 e. The molecule has 6 heteroatoms. The van der Waals surface area contributed by atoms with E-state index in [2.05, 4.69) is 6.92 Å². The smallest absolute Gasteiger partial charge is 0.294 e. The van der Waals surface area contributed by atoms with Crippen LogP contribution in [0.5, 0.6) is 17.2 Å². The summed E-state index contributed by atoms with van der Waals surface area (Å²) in [5, 5.41) is 10.3. The number of aryl methyl sites for hydroxylation is 1. The molecule has 0 aliphatic carbocycles. The lowest BCUT2D eigenvalue weighted by Gasteiger charge is -2.13. The molecule has 2 N–H and O–H groups in total. The molecule has 0 saturated heterocycles. The normalized spacial score (nSPS) is 11.5. The predicted molar refractivity (Wildman–Crippen MR) is 115 cm³/mol. The highest BCUT2D eigenvalue weighted by atomic mass is 32.2. The average molecular weight is 421 g/mol. The van der Waals surface area contributed by atoms with E-state index in [-0.39, 0.29) is 16.4 Å². The molecule has 0 aliphatic heterocycles. The molecule has 0 fully saturated rings. The summed E-state index contributed by atoms with van der Waals surface area (Å²) in [4.78, 5) is -0.208. The standard InChI is InChI=1S/C23H32O5S/c1-2-3-4-5-6-7-8-9-11-14-19-17-21(24)22(18-23(19)29(25,26)27)28-20-15-12-10-13-16-20/h10,12-13,15-18,24H,2-9,11,14H2,1H3,(H,25,26,27). The quantitative estimate of drug-likeness (QED) is 0.285. The molecule has 0 atom stereocenters. The van der Waals surface area contributed by atoms with Crippen LogP contribution in [0.4, 0.5) is 0 Å². The van der Waals surface area contributed by atoms with Gasteiger partial charge in [0, 0.05) is 6.07 Å². The highest BCUT2D eigenvalue weighted by Crippen LogP contribution is 2.35. The third kappa shape index (κ3) is 8.07. The van der Waals surface area contributed by atoms with Crippen molar-refractivity contribution in [2.45, 2.75) is 76.0 Å². The first-order valence-electron chi connectivity index (χ1n) is 10.5. The zero-order valence-corrected chi connectivity index (χ0v) is 18.0. The van der Waals surface area contributed by atoms with E-state index in [1.807, 2.05) is 6.07 Å². The maximum atomic E-state index is 11.8. The molecule has 0 unspecified atom stereocenters. The van der Waals surface area contributed by atoms with Crippen molar-refractivity contribution in [3.63, 3.8) is 0 Å². The van der Waals surface area contributed by atoms with E-state index in [9.17, 15) is 18.1 Å². The van der Waals surface area contributed by atoms with Crippen molar-refractivity contribution < 1.29 is 22.8 Å². The third-order valence-corrected chi connectivity index (χ3v) is 5.88. The second-order valence-corrected chi connectivity index (χ2v) is 8.79. The molecular formula is C23H32O5S. The van der Waals surface area contributed by atoms with Crippen LogP contribution in [0.15, 0.2) is 47.4 Å². The number of phenols is 1. The minimum absolute atomic E-state index is 0.000320. The summed E-state index contributed by atoms with van der Waals surface area (Å²) in [6, 6.07) is 11.3. The zero-order valence-electron chi connectivity index (χ0n) is 17.1. The Labute approximate surface area is 174 Å². The number of unbranched alkanes of at least 4 members (excludes halogenated alkanes) is 8. The first kappa shape index (κ1) is 23.2. The van der Waals surface area contributed by atoms with Crippen LogP contribution < -0.4 is 4.74 Å². The molecule has 2 aromatic rings. The summed E-state index contributed by atoms with van der Waals surface area (Å²) in [5.41, 5.74) is 0.411.